The van der Waals surface area contributed by atoms with Gasteiger partial charge in [-0.05, 0) is 62.8 Å². The third-order valence-electron chi connectivity index (χ3n) is 6.04. The average Bonchev–Trinajstić information content (AvgIpc) is 2.37. The molecule has 2 fully saturated rings. The van der Waals surface area contributed by atoms with Gasteiger partial charge in [0.2, 0.25) is 0 Å². The lowest BCUT2D eigenvalue weighted by atomic mass is 9.71. The van der Waals surface area contributed by atoms with Crippen molar-refractivity contribution >= 4 is 0 Å². The Bertz CT molecular complexity index is 262. The van der Waals surface area contributed by atoms with Gasteiger partial charge in [-0.25, -0.2) is 0 Å². The summed E-state index contributed by atoms with van der Waals surface area (Å²) in [5.41, 5.74) is 6.56. The third kappa shape index (κ3) is 3.33. The van der Waals surface area contributed by atoms with Crippen molar-refractivity contribution in [1.29, 1.82) is 0 Å². The number of hydrogen-bond donors (Lipinski definition) is 1. The summed E-state index contributed by atoms with van der Waals surface area (Å²) in [6.07, 6.45) is 9.77. The van der Waals surface area contributed by atoms with E-state index in [1.54, 1.807) is 0 Å². The Hall–Kier alpha value is -0.0800. The summed E-state index contributed by atoms with van der Waals surface area (Å²) in [4.78, 5) is 2.74. The van der Waals surface area contributed by atoms with E-state index in [0.717, 1.165) is 24.3 Å². The maximum Gasteiger partial charge on any atom is 0.0331 e. The molecule has 0 unspecified atom stereocenters. The summed E-state index contributed by atoms with van der Waals surface area (Å²) in [5.74, 6) is 2.74. The lowest BCUT2D eigenvalue weighted by molar-refractivity contribution is 0.0171. The molecule has 19 heavy (non-hydrogen) atoms. The predicted molar refractivity (Wildman–Crippen MR) is 83.2 cm³/mol. The summed E-state index contributed by atoms with van der Waals surface area (Å²) in [6, 6.07) is 0. The van der Waals surface area contributed by atoms with Crippen LogP contribution in [-0.4, -0.2) is 30.1 Å². The van der Waals surface area contributed by atoms with E-state index in [9.17, 15) is 0 Å². The minimum Gasteiger partial charge on any atom is -0.329 e. The highest BCUT2D eigenvalue weighted by molar-refractivity contribution is 4.97. The van der Waals surface area contributed by atoms with Gasteiger partial charge in [-0.15, -0.1) is 0 Å². The molecule has 2 aliphatic rings. The molecule has 2 aliphatic carbocycles. The Labute approximate surface area is 120 Å². The number of rotatable bonds is 6. The van der Waals surface area contributed by atoms with Gasteiger partial charge in [0.1, 0.15) is 0 Å². The lowest BCUT2D eigenvalue weighted by Gasteiger charge is -2.50. The first-order chi connectivity index (χ1) is 9.11. The van der Waals surface area contributed by atoms with Crippen LogP contribution in [0.4, 0.5) is 0 Å². The second-order valence-corrected chi connectivity index (χ2v) is 7.35. The molecule has 2 rings (SSSR count). The van der Waals surface area contributed by atoms with Crippen LogP contribution >= 0.6 is 0 Å². The summed E-state index contributed by atoms with van der Waals surface area (Å²) in [6.45, 7) is 10.4. The van der Waals surface area contributed by atoms with Gasteiger partial charge in [0.25, 0.3) is 0 Å². The van der Waals surface area contributed by atoms with Crippen molar-refractivity contribution in [2.24, 2.45) is 23.5 Å². The van der Waals surface area contributed by atoms with Crippen LogP contribution in [0.2, 0.25) is 0 Å². The molecule has 0 amide bonds. The molecule has 0 heterocycles. The van der Waals surface area contributed by atoms with Gasteiger partial charge in [0.05, 0.1) is 0 Å². The normalized spacial score (nSPS) is 32.8. The highest BCUT2D eigenvalue weighted by Crippen LogP contribution is 2.40. The number of nitrogens with two attached hydrogens (primary N) is 1. The molecule has 112 valence electrons. The van der Waals surface area contributed by atoms with E-state index in [1.165, 1.54) is 58.0 Å². The first-order valence-corrected chi connectivity index (χ1v) is 8.56. The van der Waals surface area contributed by atoms with Crippen LogP contribution in [-0.2, 0) is 0 Å². The molecule has 0 aliphatic heterocycles. The minimum absolute atomic E-state index is 0.329. The van der Waals surface area contributed by atoms with Crippen LogP contribution in [0.5, 0.6) is 0 Å². The summed E-state index contributed by atoms with van der Waals surface area (Å²) < 4.78 is 0. The van der Waals surface area contributed by atoms with Crippen molar-refractivity contribution in [3.05, 3.63) is 0 Å². The molecule has 0 aromatic heterocycles. The largest absolute Gasteiger partial charge is 0.329 e. The van der Waals surface area contributed by atoms with Crippen LogP contribution in [0.3, 0.4) is 0 Å². The van der Waals surface area contributed by atoms with Gasteiger partial charge in [-0.3, -0.25) is 4.90 Å². The number of nitrogens with zero attached hydrogens (tertiary/aromatic N) is 1. The van der Waals surface area contributed by atoms with Gasteiger partial charge in [-0.1, -0.05) is 27.2 Å². The van der Waals surface area contributed by atoms with Crippen LogP contribution in [0, 0.1) is 17.8 Å². The van der Waals surface area contributed by atoms with Gasteiger partial charge in [0, 0.05) is 18.6 Å². The smallest absolute Gasteiger partial charge is 0.0331 e. The Morgan fingerprint density at radius 3 is 2.16 bits per heavy atom. The van der Waals surface area contributed by atoms with E-state index in [0.29, 0.717) is 5.54 Å². The Kier molecular flexibility index (Phi) is 5.30. The highest BCUT2D eigenvalue weighted by Gasteiger charge is 2.40. The fourth-order valence-corrected chi connectivity index (χ4v) is 4.14. The van der Waals surface area contributed by atoms with E-state index in [2.05, 4.69) is 25.7 Å². The zero-order valence-electron chi connectivity index (χ0n) is 13.3. The van der Waals surface area contributed by atoms with Crippen molar-refractivity contribution in [3.63, 3.8) is 0 Å². The van der Waals surface area contributed by atoms with Crippen molar-refractivity contribution in [2.45, 2.75) is 71.3 Å². The molecule has 0 aromatic rings. The monoisotopic (exact) mass is 266 g/mol. The van der Waals surface area contributed by atoms with E-state index in [4.69, 9.17) is 5.73 Å². The topological polar surface area (TPSA) is 29.3 Å². The molecule has 2 heteroatoms. The molecule has 2 N–H and O–H groups in total. The van der Waals surface area contributed by atoms with Crippen LogP contribution < -0.4 is 5.73 Å². The molecule has 0 aromatic carbocycles. The molecule has 2 nitrogen and oxygen atoms in total. The van der Waals surface area contributed by atoms with Crippen molar-refractivity contribution in [2.75, 3.05) is 19.6 Å². The van der Waals surface area contributed by atoms with Gasteiger partial charge in [0.15, 0.2) is 0 Å². The number of hydrogen-bond acceptors (Lipinski definition) is 2. The molecule has 0 radical (unpaired) electrons. The molecule has 0 saturated heterocycles. The van der Waals surface area contributed by atoms with Crippen LogP contribution in [0.15, 0.2) is 0 Å². The van der Waals surface area contributed by atoms with E-state index in [1.807, 2.05) is 0 Å². The van der Waals surface area contributed by atoms with Crippen molar-refractivity contribution in [3.8, 4) is 0 Å². The highest BCUT2D eigenvalue weighted by atomic mass is 15.2. The Morgan fingerprint density at radius 2 is 1.79 bits per heavy atom. The average molecular weight is 266 g/mol. The zero-order valence-corrected chi connectivity index (χ0v) is 13.3. The first-order valence-electron chi connectivity index (χ1n) is 8.56. The number of likely N-dealkylation sites (N-methyl/N-ethyl adjacent to an activating group) is 1. The zero-order chi connectivity index (χ0) is 13.9. The predicted octanol–water partition coefficient (Wildman–Crippen LogP) is 3.65. The van der Waals surface area contributed by atoms with E-state index < -0.39 is 0 Å². The Balaban J connectivity index is 1.96. The van der Waals surface area contributed by atoms with Crippen molar-refractivity contribution < 1.29 is 0 Å². The molecular weight excluding hydrogens is 232 g/mol. The fourth-order valence-electron chi connectivity index (χ4n) is 4.14. The van der Waals surface area contributed by atoms with Crippen molar-refractivity contribution in [1.82, 2.24) is 4.90 Å². The minimum atomic E-state index is 0.329. The summed E-state index contributed by atoms with van der Waals surface area (Å²) >= 11 is 0. The van der Waals surface area contributed by atoms with E-state index in [-0.39, 0.29) is 0 Å². The molecular formula is C17H34N2. The quantitative estimate of drug-likeness (QED) is 0.795. The first kappa shape index (κ1) is 15.3. The van der Waals surface area contributed by atoms with Crippen LogP contribution in [0.1, 0.15) is 65.7 Å². The Morgan fingerprint density at radius 1 is 1.16 bits per heavy atom. The SMILES string of the molecule is CCN(CC1CCC1)C1(CN)CCC(C(C)C)CC1. The van der Waals surface area contributed by atoms with E-state index >= 15 is 0 Å². The maximum absolute atomic E-state index is 6.23. The third-order valence-corrected chi connectivity index (χ3v) is 6.04. The lowest BCUT2D eigenvalue weighted by Crippen LogP contribution is -2.57. The van der Waals surface area contributed by atoms with Gasteiger partial charge >= 0.3 is 0 Å². The molecule has 2 saturated carbocycles. The fraction of sp³-hybridized carbons (Fsp3) is 1.00. The van der Waals surface area contributed by atoms with Crippen LogP contribution in [0.25, 0.3) is 0 Å². The molecule has 0 bridgehead atoms. The molecule has 0 spiro atoms. The second-order valence-electron chi connectivity index (χ2n) is 7.35. The maximum atomic E-state index is 6.23. The van der Waals surface area contributed by atoms with Gasteiger partial charge < -0.3 is 5.73 Å². The second kappa shape index (κ2) is 6.58. The van der Waals surface area contributed by atoms with Gasteiger partial charge in [-0.2, -0.15) is 0 Å². The standard InChI is InChI=1S/C17H34N2/c1-4-19(12-15-6-5-7-15)17(13-18)10-8-16(9-11-17)14(2)3/h14-16H,4-13,18H2,1-3H3. The summed E-state index contributed by atoms with van der Waals surface area (Å²) in [5, 5.41) is 0. The molecule has 0 atom stereocenters. The summed E-state index contributed by atoms with van der Waals surface area (Å²) in [7, 11) is 0.